The molecular weight excluding hydrogens is 204 g/mol. The van der Waals surface area contributed by atoms with Crippen LogP contribution in [0.25, 0.3) is 0 Å². The van der Waals surface area contributed by atoms with Gasteiger partial charge in [-0.15, -0.1) is 0 Å². The molecule has 1 aliphatic rings. The number of aromatic carboxylic acids is 1. The lowest BCUT2D eigenvalue weighted by Gasteiger charge is -2.30. The molecule has 1 aliphatic heterocycles. The Balaban J connectivity index is 2.33. The van der Waals surface area contributed by atoms with Crippen molar-refractivity contribution in [3.63, 3.8) is 0 Å². The van der Waals surface area contributed by atoms with Crippen molar-refractivity contribution in [2.24, 2.45) is 7.05 Å². The van der Waals surface area contributed by atoms with Crippen LogP contribution in [0.1, 0.15) is 35.6 Å². The highest BCUT2D eigenvalue weighted by molar-refractivity contribution is 5.86. The Morgan fingerprint density at radius 3 is 2.75 bits per heavy atom. The van der Waals surface area contributed by atoms with Gasteiger partial charge in [-0.05, 0) is 25.5 Å². The van der Waals surface area contributed by atoms with Gasteiger partial charge in [0.25, 0.3) is 0 Å². The molecule has 1 aromatic rings. The second-order valence-corrected chi connectivity index (χ2v) is 4.68. The summed E-state index contributed by atoms with van der Waals surface area (Å²) in [7, 11) is 1.84. The van der Waals surface area contributed by atoms with Crippen molar-refractivity contribution in [2.45, 2.75) is 32.9 Å². The van der Waals surface area contributed by atoms with Crippen LogP contribution in [0.3, 0.4) is 0 Å². The average Bonchev–Trinajstić information content (AvgIpc) is 2.55. The predicted octanol–water partition coefficient (Wildman–Crippen LogP) is 1.49. The van der Waals surface area contributed by atoms with E-state index in [4.69, 9.17) is 5.11 Å². The van der Waals surface area contributed by atoms with Crippen molar-refractivity contribution in [3.05, 3.63) is 23.0 Å². The average molecular weight is 222 g/mol. The fourth-order valence-electron chi connectivity index (χ4n) is 2.36. The third-order valence-electron chi connectivity index (χ3n) is 3.41. The van der Waals surface area contributed by atoms with Gasteiger partial charge in [0.15, 0.2) is 0 Å². The Labute approximate surface area is 95.5 Å². The summed E-state index contributed by atoms with van der Waals surface area (Å²) in [6, 6.07) is 2.33. The molecular formula is C12H18N2O2. The number of fused-ring (bicyclic) bond motifs is 1. The fraction of sp³-hybridized carbons (Fsp3) is 0.583. The zero-order chi connectivity index (χ0) is 11.9. The van der Waals surface area contributed by atoms with Gasteiger partial charge in [0.1, 0.15) is 5.69 Å². The van der Waals surface area contributed by atoms with Crippen LogP contribution in [-0.2, 0) is 20.0 Å². The predicted molar refractivity (Wildman–Crippen MR) is 61.6 cm³/mol. The largest absolute Gasteiger partial charge is 0.477 e. The van der Waals surface area contributed by atoms with Crippen LogP contribution in [0.15, 0.2) is 6.07 Å². The minimum Gasteiger partial charge on any atom is -0.477 e. The Bertz CT molecular complexity index is 421. The second-order valence-electron chi connectivity index (χ2n) is 4.68. The summed E-state index contributed by atoms with van der Waals surface area (Å²) in [6.07, 6.45) is 0.942. The van der Waals surface area contributed by atoms with Crippen LogP contribution in [0.4, 0.5) is 0 Å². The van der Waals surface area contributed by atoms with Gasteiger partial charge in [-0.3, -0.25) is 4.90 Å². The van der Waals surface area contributed by atoms with E-state index in [2.05, 4.69) is 18.7 Å². The van der Waals surface area contributed by atoms with E-state index in [-0.39, 0.29) is 0 Å². The van der Waals surface area contributed by atoms with E-state index in [0.29, 0.717) is 11.7 Å². The Hall–Kier alpha value is -1.29. The smallest absolute Gasteiger partial charge is 0.352 e. The number of carboxylic acid groups (broad SMARTS) is 1. The molecule has 16 heavy (non-hydrogen) atoms. The molecule has 0 amide bonds. The lowest BCUT2D eigenvalue weighted by Crippen LogP contribution is -2.36. The van der Waals surface area contributed by atoms with Crippen LogP contribution >= 0.6 is 0 Å². The van der Waals surface area contributed by atoms with Gasteiger partial charge in [-0.1, -0.05) is 0 Å². The van der Waals surface area contributed by atoms with E-state index in [1.54, 1.807) is 0 Å². The highest BCUT2D eigenvalue weighted by Gasteiger charge is 2.24. The van der Waals surface area contributed by atoms with E-state index in [1.165, 1.54) is 11.3 Å². The minimum absolute atomic E-state index is 0.399. The Morgan fingerprint density at radius 1 is 1.50 bits per heavy atom. The highest BCUT2D eigenvalue weighted by Crippen LogP contribution is 2.23. The summed E-state index contributed by atoms with van der Waals surface area (Å²) in [5.74, 6) is -0.840. The summed E-state index contributed by atoms with van der Waals surface area (Å²) < 4.78 is 1.81. The third kappa shape index (κ3) is 1.73. The van der Waals surface area contributed by atoms with Crippen molar-refractivity contribution in [1.82, 2.24) is 9.47 Å². The van der Waals surface area contributed by atoms with Crippen molar-refractivity contribution in [2.75, 3.05) is 6.54 Å². The number of hydrogen-bond donors (Lipinski definition) is 1. The molecule has 1 N–H and O–H groups in total. The maximum absolute atomic E-state index is 11.0. The quantitative estimate of drug-likeness (QED) is 0.824. The summed E-state index contributed by atoms with van der Waals surface area (Å²) in [5, 5.41) is 9.06. The van der Waals surface area contributed by atoms with Gasteiger partial charge in [-0.25, -0.2) is 4.79 Å². The lowest BCUT2D eigenvalue weighted by molar-refractivity contribution is 0.0686. The first-order valence-electron chi connectivity index (χ1n) is 5.65. The van der Waals surface area contributed by atoms with Gasteiger partial charge >= 0.3 is 5.97 Å². The topological polar surface area (TPSA) is 45.5 Å². The van der Waals surface area contributed by atoms with E-state index < -0.39 is 5.97 Å². The normalized spacial score (nSPS) is 16.5. The summed E-state index contributed by atoms with van der Waals surface area (Å²) >= 11 is 0. The van der Waals surface area contributed by atoms with E-state index in [0.717, 1.165) is 19.5 Å². The molecule has 88 valence electrons. The van der Waals surface area contributed by atoms with Crippen molar-refractivity contribution in [3.8, 4) is 0 Å². The maximum Gasteiger partial charge on any atom is 0.352 e. The van der Waals surface area contributed by atoms with Gasteiger partial charge < -0.3 is 9.67 Å². The van der Waals surface area contributed by atoms with Crippen LogP contribution < -0.4 is 0 Å². The van der Waals surface area contributed by atoms with Crippen LogP contribution in [0.5, 0.6) is 0 Å². The molecule has 1 aromatic heterocycles. The maximum atomic E-state index is 11.0. The number of aromatic nitrogens is 1. The molecule has 2 rings (SSSR count). The summed E-state index contributed by atoms with van der Waals surface area (Å²) in [6.45, 7) is 6.23. The second kappa shape index (κ2) is 3.94. The van der Waals surface area contributed by atoms with Gasteiger partial charge in [0.05, 0.1) is 0 Å². The summed E-state index contributed by atoms with van der Waals surface area (Å²) in [5.41, 5.74) is 2.74. The molecule has 0 spiro atoms. The number of carbonyl (C=O) groups is 1. The molecule has 0 aromatic carbocycles. The van der Waals surface area contributed by atoms with Crippen molar-refractivity contribution < 1.29 is 9.90 Å². The standard InChI is InChI=1S/C12H18N2O2/c1-8(2)14-5-4-10-9(7-14)6-11(12(15)16)13(10)3/h6,8H,4-5,7H2,1-3H3,(H,15,16). The monoisotopic (exact) mass is 222 g/mol. The fourth-order valence-corrected chi connectivity index (χ4v) is 2.36. The lowest BCUT2D eigenvalue weighted by atomic mass is 10.1. The molecule has 0 fully saturated rings. The first-order valence-corrected chi connectivity index (χ1v) is 5.65. The van der Waals surface area contributed by atoms with E-state index >= 15 is 0 Å². The molecule has 0 saturated carbocycles. The highest BCUT2D eigenvalue weighted by atomic mass is 16.4. The van der Waals surface area contributed by atoms with Crippen molar-refractivity contribution >= 4 is 5.97 Å². The summed E-state index contributed by atoms with van der Waals surface area (Å²) in [4.78, 5) is 13.4. The van der Waals surface area contributed by atoms with Gasteiger partial charge in [0, 0.05) is 38.3 Å². The zero-order valence-corrected chi connectivity index (χ0v) is 10.0. The molecule has 0 atom stereocenters. The molecule has 4 heteroatoms. The number of rotatable bonds is 2. The Morgan fingerprint density at radius 2 is 2.19 bits per heavy atom. The number of carboxylic acids is 1. The molecule has 0 aliphatic carbocycles. The number of nitrogens with zero attached hydrogens (tertiary/aromatic N) is 2. The molecule has 2 heterocycles. The molecule has 0 unspecified atom stereocenters. The van der Waals surface area contributed by atoms with Gasteiger partial charge in [-0.2, -0.15) is 0 Å². The third-order valence-corrected chi connectivity index (χ3v) is 3.41. The molecule has 0 saturated heterocycles. The van der Waals surface area contributed by atoms with E-state index in [9.17, 15) is 4.79 Å². The zero-order valence-electron chi connectivity index (χ0n) is 10.0. The first-order chi connectivity index (χ1) is 7.50. The van der Waals surface area contributed by atoms with Crippen molar-refractivity contribution in [1.29, 1.82) is 0 Å². The van der Waals surface area contributed by atoms with Crippen LogP contribution in [0, 0.1) is 0 Å². The van der Waals surface area contributed by atoms with Gasteiger partial charge in [0.2, 0.25) is 0 Å². The Kier molecular flexibility index (Phi) is 2.76. The van der Waals surface area contributed by atoms with Crippen LogP contribution in [-0.4, -0.2) is 33.1 Å². The molecule has 4 nitrogen and oxygen atoms in total. The minimum atomic E-state index is -0.840. The van der Waals surface area contributed by atoms with Crippen LogP contribution in [0.2, 0.25) is 0 Å². The van der Waals surface area contributed by atoms with E-state index in [1.807, 2.05) is 17.7 Å². The number of hydrogen-bond acceptors (Lipinski definition) is 2. The molecule has 0 bridgehead atoms. The SMILES string of the molecule is CC(C)N1CCc2c(cc(C(=O)O)n2C)C1. The first kappa shape index (κ1) is 11.2. The molecule has 0 radical (unpaired) electrons.